The third-order valence-corrected chi connectivity index (χ3v) is 4.65. The lowest BCUT2D eigenvalue weighted by Crippen LogP contribution is -2.29. The largest absolute Gasteiger partial charge is 0.489 e. The summed E-state index contributed by atoms with van der Waals surface area (Å²) in [6.07, 6.45) is 0. The molecule has 0 saturated carbocycles. The van der Waals surface area contributed by atoms with E-state index in [-0.39, 0.29) is 6.61 Å². The standard InChI is InChI=1S/C21H21N5O3/c1-3-28-20(27)18-14(2)22-21-23-24-25-26(21)19(18)16-9-11-17(12-10-16)29-13-15-7-5-4-6-8-15/h4-12,19H,3,13H2,1-2H3,(H,22,23,25). The molecule has 0 amide bonds. The summed E-state index contributed by atoms with van der Waals surface area (Å²) in [5.41, 5.74) is 3.09. The highest BCUT2D eigenvalue weighted by Gasteiger charge is 2.34. The molecule has 29 heavy (non-hydrogen) atoms. The van der Waals surface area contributed by atoms with E-state index in [4.69, 9.17) is 9.47 Å². The Morgan fingerprint density at radius 3 is 2.62 bits per heavy atom. The number of aromatic nitrogens is 4. The number of ether oxygens (including phenoxy) is 2. The highest BCUT2D eigenvalue weighted by atomic mass is 16.5. The minimum atomic E-state index is -0.483. The lowest BCUT2D eigenvalue weighted by atomic mass is 9.96. The van der Waals surface area contributed by atoms with E-state index in [1.807, 2.05) is 61.5 Å². The maximum Gasteiger partial charge on any atom is 0.338 e. The molecule has 0 spiro atoms. The Hall–Kier alpha value is -3.68. The van der Waals surface area contributed by atoms with E-state index in [0.717, 1.165) is 16.9 Å². The first-order valence-electron chi connectivity index (χ1n) is 9.37. The molecule has 2 aromatic carbocycles. The Kier molecular flexibility index (Phi) is 5.24. The molecule has 0 bridgehead atoms. The lowest BCUT2D eigenvalue weighted by molar-refractivity contribution is -0.139. The maximum absolute atomic E-state index is 12.6. The number of anilines is 1. The van der Waals surface area contributed by atoms with E-state index < -0.39 is 12.0 Å². The molecule has 4 rings (SSSR count). The summed E-state index contributed by atoms with van der Waals surface area (Å²) in [6.45, 7) is 4.37. The predicted molar refractivity (Wildman–Crippen MR) is 106 cm³/mol. The maximum atomic E-state index is 12.6. The van der Waals surface area contributed by atoms with Gasteiger partial charge < -0.3 is 14.8 Å². The number of rotatable bonds is 6. The van der Waals surface area contributed by atoms with Crippen LogP contribution in [0.5, 0.6) is 5.75 Å². The van der Waals surface area contributed by atoms with Gasteiger partial charge in [0.1, 0.15) is 18.4 Å². The number of hydrogen-bond acceptors (Lipinski definition) is 7. The first-order valence-corrected chi connectivity index (χ1v) is 9.37. The summed E-state index contributed by atoms with van der Waals surface area (Å²) in [5.74, 6) is 0.819. The van der Waals surface area contributed by atoms with Crippen molar-refractivity contribution in [3.63, 3.8) is 0 Å². The smallest absolute Gasteiger partial charge is 0.338 e. The summed E-state index contributed by atoms with van der Waals surface area (Å²) in [4.78, 5) is 12.6. The molecule has 0 fully saturated rings. The van der Waals surface area contributed by atoms with Crippen molar-refractivity contribution < 1.29 is 14.3 Å². The molecule has 148 valence electrons. The van der Waals surface area contributed by atoms with Crippen LogP contribution < -0.4 is 10.1 Å². The van der Waals surface area contributed by atoms with Crippen molar-refractivity contribution in [1.82, 2.24) is 20.2 Å². The quantitative estimate of drug-likeness (QED) is 0.646. The van der Waals surface area contributed by atoms with Crippen LogP contribution in [0.1, 0.15) is 31.0 Å². The molecule has 1 unspecified atom stereocenters. The number of carbonyl (C=O) groups excluding carboxylic acids is 1. The fraction of sp³-hybridized carbons (Fsp3) is 0.238. The monoisotopic (exact) mass is 391 g/mol. The van der Waals surface area contributed by atoms with E-state index in [1.165, 1.54) is 0 Å². The van der Waals surface area contributed by atoms with Crippen LogP contribution in [0.3, 0.4) is 0 Å². The van der Waals surface area contributed by atoms with Gasteiger partial charge in [0.25, 0.3) is 0 Å². The zero-order valence-corrected chi connectivity index (χ0v) is 16.2. The van der Waals surface area contributed by atoms with E-state index >= 15 is 0 Å². The summed E-state index contributed by atoms with van der Waals surface area (Å²) in [7, 11) is 0. The number of tetrazole rings is 1. The second-order valence-electron chi connectivity index (χ2n) is 6.58. The molecule has 1 aliphatic rings. The van der Waals surface area contributed by atoms with Gasteiger partial charge in [0.15, 0.2) is 0 Å². The third kappa shape index (κ3) is 3.82. The van der Waals surface area contributed by atoms with Crippen molar-refractivity contribution in [2.24, 2.45) is 0 Å². The summed E-state index contributed by atoms with van der Waals surface area (Å²) in [6, 6.07) is 17.1. The SMILES string of the molecule is CCOC(=O)C1=C(C)Nc2nnnn2C1c1ccc(OCc2ccccc2)cc1. The molecule has 0 aliphatic carbocycles. The molecule has 1 aromatic heterocycles. The number of allylic oxidation sites excluding steroid dienone is 1. The van der Waals surface area contributed by atoms with Crippen molar-refractivity contribution in [1.29, 1.82) is 0 Å². The highest BCUT2D eigenvalue weighted by molar-refractivity contribution is 5.92. The Morgan fingerprint density at radius 1 is 1.14 bits per heavy atom. The van der Waals surface area contributed by atoms with Gasteiger partial charge in [-0.1, -0.05) is 47.6 Å². The van der Waals surface area contributed by atoms with Gasteiger partial charge in [-0.2, -0.15) is 4.68 Å². The van der Waals surface area contributed by atoms with Gasteiger partial charge in [-0.25, -0.2) is 4.79 Å². The molecule has 1 aliphatic heterocycles. The van der Waals surface area contributed by atoms with Crippen LogP contribution in [0.2, 0.25) is 0 Å². The zero-order chi connectivity index (χ0) is 20.2. The van der Waals surface area contributed by atoms with Gasteiger partial charge in [0, 0.05) is 5.70 Å². The van der Waals surface area contributed by atoms with Crippen LogP contribution in [0, 0.1) is 0 Å². The second-order valence-corrected chi connectivity index (χ2v) is 6.58. The van der Waals surface area contributed by atoms with Crippen molar-refractivity contribution in [3.05, 3.63) is 77.0 Å². The van der Waals surface area contributed by atoms with Gasteiger partial charge in [-0.05, 0) is 47.5 Å². The van der Waals surface area contributed by atoms with Crippen LogP contribution in [-0.2, 0) is 16.1 Å². The average Bonchev–Trinajstić information content (AvgIpc) is 3.20. The summed E-state index contributed by atoms with van der Waals surface area (Å²) >= 11 is 0. The summed E-state index contributed by atoms with van der Waals surface area (Å²) < 4.78 is 12.7. The van der Waals surface area contributed by atoms with E-state index in [9.17, 15) is 4.79 Å². The van der Waals surface area contributed by atoms with Crippen molar-refractivity contribution in [2.45, 2.75) is 26.5 Å². The molecule has 0 saturated heterocycles. The predicted octanol–water partition coefficient (Wildman–Crippen LogP) is 3.10. The molecule has 1 atom stereocenters. The Balaban J connectivity index is 1.60. The first kappa shape index (κ1) is 18.7. The van der Waals surface area contributed by atoms with Crippen LogP contribution in [0.4, 0.5) is 5.95 Å². The normalized spacial score (nSPS) is 15.4. The molecular weight excluding hydrogens is 370 g/mol. The summed E-state index contributed by atoms with van der Waals surface area (Å²) in [5, 5.41) is 14.8. The first-order chi connectivity index (χ1) is 14.2. The van der Waals surface area contributed by atoms with Crippen LogP contribution in [0.15, 0.2) is 65.9 Å². The van der Waals surface area contributed by atoms with Crippen molar-refractivity contribution in [2.75, 3.05) is 11.9 Å². The van der Waals surface area contributed by atoms with Crippen LogP contribution in [-0.4, -0.2) is 32.8 Å². The van der Waals surface area contributed by atoms with Crippen molar-refractivity contribution >= 4 is 11.9 Å². The lowest BCUT2D eigenvalue weighted by Gasteiger charge is -2.27. The zero-order valence-electron chi connectivity index (χ0n) is 16.2. The van der Waals surface area contributed by atoms with Gasteiger partial charge in [-0.15, -0.1) is 0 Å². The van der Waals surface area contributed by atoms with Gasteiger partial charge in [0.2, 0.25) is 5.95 Å². The molecule has 0 radical (unpaired) electrons. The van der Waals surface area contributed by atoms with E-state index in [0.29, 0.717) is 23.8 Å². The van der Waals surface area contributed by atoms with Gasteiger partial charge in [0.05, 0.1) is 12.2 Å². The van der Waals surface area contributed by atoms with Crippen molar-refractivity contribution in [3.8, 4) is 5.75 Å². The molecule has 8 heteroatoms. The van der Waals surface area contributed by atoms with Gasteiger partial charge >= 0.3 is 5.97 Å². The highest BCUT2D eigenvalue weighted by Crippen LogP contribution is 2.35. The fourth-order valence-electron chi connectivity index (χ4n) is 3.28. The van der Waals surface area contributed by atoms with E-state index in [2.05, 4.69) is 20.8 Å². The number of carbonyl (C=O) groups is 1. The minimum absolute atomic E-state index is 0.289. The third-order valence-electron chi connectivity index (χ3n) is 4.65. The fourth-order valence-corrected chi connectivity index (χ4v) is 3.28. The topological polar surface area (TPSA) is 91.2 Å². The van der Waals surface area contributed by atoms with Crippen LogP contribution >= 0.6 is 0 Å². The number of nitrogens with zero attached hydrogens (tertiary/aromatic N) is 4. The number of fused-ring (bicyclic) bond motifs is 1. The molecule has 3 aromatic rings. The molecular formula is C21H21N5O3. The number of esters is 1. The Bertz CT molecular complexity index is 1030. The Morgan fingerprint density at radius 2 is 1.90 bits per heavy atom. The number of benzene rings is 2. The second kappa shape index (κ2) is 8.14. The average molecular weight is 391 g/mol. The molecule has 1 N–H and O–H groups in total. The Labute approximate surface area is 168 Å². The van der Waals surface area contributed by atoms with E-state index in [1.54, 1.807) is 11.6 Å². The number of hydrogen-bond donors (Lipinski definition) is 1. The molecule has 2 heterocycles. The van der Waals surface area contributed by atoms with Crippen LogP contribution in [0.25, 0.3) is 0 Å². The number of nitrogens with one attached hydrogen (secondary N) is 1. The minimum Gasteiger partial charge on any atom is -0.489 e. The van der Waals surface area contributed by atoms with Gasteiger partial charge in [-0.3, -0.25) is 0 Å². The molecule has 8 nitrogen and oxygen atoms in total.